The molecule has 89 heavy (non-hydrogen) atoms. The van der Waals surface area contributed by atoms with Gasteiger partial charge in [-0.15, -0.1) is 5.10 Å². The molecule has 24 nitrogen and oxygen atoms in total. The average molecular weight is 1230 g/mol. The number of aliphatic hydroxyl groups is 4. The van der Waals surface area contributed by atoms with Crippen LogP contribution in [0.15, 0.2) is 102 Å². The Hall–Kier alpha value is -8.78. The van der Waals surface area contributed by atoms with Crippen LogP contribution >= 0.6 is 0 Å². The molecule has 0 aliphatic heterocycles. The number of halogens is 2. The molecule has 0 spiro atoms. The Labute approximate surface area is 514 Å². The second-order valence-electron chi connectivity index (χ2n) is 23.3. The molecule has 2 aliphatic carbocycles. The van der Waals surface area contributed by atoms with Crippen LogP contribution in [0.2, 0.25) is 0 Å². The molecule has 2 saturated carbocycles. The molecular weight excluding hydrogens is 1150 g/mol. The van der Waals surface area contributed by atoms with Crippen LogP contribution in [0, 0.1) is 17.6 Å². The number of hydrazine groups is 1. The van der Waals surface area contributed by atoms with E-state index in [4.69, 9.17) is 49.3 Å². The number of methoxy groups -OCH3 is 6. The Balaban J connectivity index is 0.000000195. The van der Waals surface area contributed by atoms with E-state index in [1.807, 2.05) is 24.3 Å². The van der Waals surface area contributed by atoms with Crippen molar-refractivity contribution in [3.63, 3.8) is 0 Å². The highest BCUT2D eigenvalue weighted by Gasteiger charge is 2.41. The highest BCUT2D eigenvalue weighted by molar-refractivity contribution is 5.96. The van der Waals surface area contributed by atoms with Gasteiger partial charge in [-0.05, 0) is 122 Å². The fraction of sp³-hybridized carbons (Fsp3) is 0.444. The van der Waals surface area contributed by atoms with E-state index >= 15 is 0 Å². The third-order valence-electron chi connectivity index (χ3n) is 15.4. The molecule has 4 heterocycles. The SMILES string of the molecule is CC(C)(O)Cn1cc(C2(O)CCCC(C(=O)NN)C2)cn1.COc1ccc(CN=C=Nc2ccc(F)cc2OC)c(OC)c1.COc1ccc(CNc2nc3c(OC)cc(F)cc3c3nc(C4CCCC(O)(c5cnn(CC(C)(C)O)c5)C4)nn23)c(OC)c1. The minimum absolute atomic E-state index is 0.179. The minimum Gasteiger partial charge on any atom is -0.497 e. The van der Waals surface area contributed by atoms with Crippen molar-refractivity contribution in [2.45, 2.75) is 134 Å². The number of hydrogen-bond acceptors (Lipinski definition) is 20. The molecule has 8 aromatic rings. The number of anilines is 1. The van der Waals surface area contributed by atoms with Crippen molar-refractivity contribution in [2.24, 2.45) is 21.7 Å². The lowest BCUT2D eigenvalue weighted by atomic mass is 9.75. The Kier molecular flexibility index (Phi) is 21.3. The van der Waals surface area contributed by atoms with Crippen molar-refractivity contribution in [3.05, 3.63) is 131 Å². The predicted molar refractivity (Wildman–Crippen MR) is 328 cm³/mol. The molecule has 2 fully saturated rings. The maximum atomic E-state index is 14.7. The molecule has 8 N–H and O–H groups in total. The first kappa shape index (κ1) is 66.2. The summed E-state index contributed by atoms with van der Waals surface area (Å²) in [5.41, 5.74) is 2.57. The normalized spacial score (nSPS) is 18.3. The third-order valence-corrected chi connectivity index (χ3v) is 15.4. The van der Waals surface area contributed by atoms with Crippen molar-refractivity contribution < 1.29 is 62.4 Å². The minimum atomic E-state index is -1.14. The first-order valence-corrected chi connectivity index (χ1v) is 28.9. The van der Waals surface area contributed by atoms with Crippen molar-refractivity contribution in [3.8, 4) is 34.5 Å². The lowest BCUT2D eigenvalue weighted by Gasteiger charge is -2.35. The van der Waals surface area contributed by atoms with Crippen LogP contribution < -0.4 is 45.0 Å². The van der Waals surface area contributed by atoms with Gasteiger partial charge in [0.25, 0.3) is 0 Å². The van der Waals surface area contributed by atoms with Gasteiger partial charge in [0, 0.05) is 77.3 Å². The Morgan fingerprint density at radius 1 is 0.719 bits per heavy atom. The first-order chi connectivity index (χ1) is 42.4. The molecule has 4 aromatic heterocycles. The Morgan fingerprint density at radius 3 is 1.88 bits per heavy atom. The molecule has 1 amide bonds. The van der Waals surface area contributed by atoms with Crippen molar-refractivity contribution in [2.75, 3.05) is 48.0 Å². The summed E-state index contributed by atoms with van der Waals surface area (Å²) < 4.78 is 64.5. The summed E-state index contributed by atoms with van der Waals surface area (Å²) in [6.45, 7) is 8.17. The molecule has 0 bridgehead atoms. The number of fused-ring (bicyclic) bond motifs is 3. The second-order valence-corrected chi connectivity index (χ2v) is 23.3. The third kappa shape index (κ3) is 16.7. The van der Waals surface area contributed by atoms with Crippen LogP contribution in [0.5, 0.6) is 34.5 Å². The van der Waals surface area contributed by atoms with Gasteiger partial charge < -0.3 is 54.2 Å². The number of nitrogens with two attached hydrogens (primary N) is 1. The number of ether oxygens (including phenoxy) is 6. The Morgan fingerprint density at radius 2 is 1.29 bits per heavy atom. The molecule has 4 aromatic carbocycles. The average Bonchev–Trinajstić information content (AvgIpc) is 1.69. The summed E-state index contributed by atoms with van der Waals surface area (Å²) in [5, 5.41) is 59.9. The molecule has 0 radical (unpaired) electrons. The van der Waals surface area contributed by atoms with Gasteiger partial charge in [0.2, 0.25) is 11.9 Å². The number of carbonyl (C=O) groups excluding carboxylic acids is 1. The highest BCUT2D eigenvalue weighted by Crippen LogP contribution is 2.45. The van der Waals surface area contributed by atoms with E-state index in [0.29, 0.717) is 126 Å². The molecule has 4 atom stereocenters. The van der Waals surface area contributed by atoms with Gasteiger partial charge >= 0.3 is 0 Å². The van der Waals surface area contributed by atoms with E-state index in [-0.39, 0.29) is 29.3 Å². The molecule has 10 rings (SSSR count). The molecular formula is C63H79F2N13O11. The largest absolute Gasteiger partial charge is 0.497 e. The van der Waals surface area contributed by atoms with Crippen molar-refractivity contribution in [1.82, 2.24) is 44.6 Å². The van der Waals surface area contributed by atoms with Gasteiger partial charge in [-0.2, -0.15) is 19.7 Å². The second kappa shape index (κ2) is 28.6. The smallest absolute Gasteiger partial charge is 0.237 e. The van der Waals surface area contributed by atoms with Crippen LogP contribution in [0.3, 0.4) is 0 Å². The number of aliphatic imine (C=N–C) groups is 2. The van der Waals surface area contributed by atoms with Gasteiger partial charge in [-0.3, -0.25) is 19.6 Å². The Bertz CT molecular complexity index is 3800. The van der Waals surface area contributed by atoms with Crippen LogP contribution in [0.4, 0.5) is 20.4 Å². The number of benzene rings is 4. The van der Waals surface area contributed by atoms with E-state index < -0.39 is 28.2 Å². The number of carbonyl (C=O) groups is 1. The van der Waals surface area contributed by atoms with Gasteiger partial charge in [0.05, 0.1) is 108 Å². The van der Waals surface area contributed by atoms with E-state index in [1.54, 1.807) is 107 Å². The van der Waals surface area contributed by atoms with E-state index in [1.165, 1.54) is 44.6 Å². The summed E-state index contributed by atoms with van der Waals surface area (Å²) in [6, 6.07) is 20.3. The molecule has 476 valence electrons. The quantitative estimate of drug-likeness (QED) is 0.0163. The van der Waals surface area contributed by atoms with Gasteiger partial charge in [-0.1, -0.05) is 0 Å². The zero-order valence-corrected chi connectivity index (χ0v) is 51.8. The lowest BCUT2D eigenvalue weighted by molar-refractivity contribution is -0.130. The molecule has 2 aliphatic rings. The predicted octanol–water partition coefficient (Wildman–Crippen LogP) is 8.45. The number of nitrogens with zero attached hydrogens (tertiary/aromatic N) is 10. The monoisotopic (exact) mass is 1230 g/mol. The maximum absolute atomic E-state index is 14.7. The summed E-state index contributed by atoms with van der Waals surface area (Å²) >= 11 is 0. The zero-order chi connectivity index (χ0) is 64.3. The van der Waals surface area contributed by atoms with Crippen LogP contribution in [-0.4, -0.2) is 125 Å². The first-order valence-electron chi connectivity index (χ1n) is 28.9. The number of aromatic nitrogens is 8. The van der Waals surface area contributed by atoms with E-state index in [0.717, 1.165) is 36.8 Å². The van der Waals surface area contributed by atoms with E-state index in [9.17, 15) is 34.0 Å². The summed E-state index contributed by atoms with van der Waals surface area (Å²) in [6.07, 6.45) is 11.7. The van der Waals surface area contributed by atoms with Crippen molar-refractivity contribution in [1.29, 1.82) is 0 Å². The standard InChI is InChI=1S/C32H38FN7O5.C17H17FN2O3.C14H24N4O3/c1-31(2,41)18-39-17-21(16-35-39)32(42)10-6-7-19(14-32)28-37-29-24-11-22(33)12-26(45-5)27(24)36-30(40(29)38-28)34-15-20-8-9-23(43-3)13-25(20)44-4;1-21-14-6-4-12(16(9-14)22-2)10-19-11-20-15-7-5-13(18)8-17(15)23-3;1-13(2,20)9-18-8-11(7-16-18)14(21)5-3-4-10(6-14)12(19)17-15/h8-9,11-13,16-17,19,41-42H,6-7,10,14-15,18H2,1-5H3,(H,34,36);4-9H,10H2,1-3H3;7-8,10,20-21H,3-6,9,15H2,1-2H3,(H,17,19). The van der Waals surface area contributed by atoms with E-state index in [2.05, 4.69) is 36.9 Å². The maximum Gasteiger partial charge on any atom is 0.237 e. The summed E-state index contributed by atoms with van der Waals surface area (Å²) in [7, 11) is 9.29. The zero-order valence-electron chi connectivity index (χ0n) is 51.8. The fourth-order valence-electron chi connectivity index (χ4n) is 11.0. The number of hydrogen-bond donors (Lipinski definition) is 7. The van der Waals surface area contributed by atoms with Crippen LogP contribution in [-0.2, 0) is 42.2 Å². The number of amides is 1. The topological polar surface area (TPSA) is 307 Å². The van der Waals surface area contributed by atoms with Crippen LogP contribution in [0.25, 0.3) is 16.6 Å². The molecule has 0 saturated heterocycles. The van der Waals surface area contributed by atoms with Crippen LogP contribution in [0.1, 0.15) is 113 Å². The number of rotatable bonds is 20. The highest BCUT2D eigenvalue weighted by atomic mass is 19.1. The van der Waals surface area contributed by atoms with Crippen molar-refractivity contribution >= 4 is 40.1 Å². The van der Waals surface area contributed by atoms with Gasteiger partial charge in [-0.25, -0.2) is 29.6 Å². The molecule has 4 unspecified atom stereocenters. The van der Waals surface area contributed by atoms with Gasteiger partial charge in [0.1, 0.15) is 57.3 Å². The van der Waals surface area contributed by atoms with Gasteiger partial charge in [0.15, 0.2) is 11.5 Å². The summed E-state index contributed by atoms with van der Waals surface area (Å²) in [4.78, 5) is 29.5. The molecule has 26 heteroatoms. The fourth-order valence-corrected chi connectivity index (χ4v) is 11.0. The summed E-state index contributed by atoms with van der Waals surface area (Å²) in [5.74, 6) is 7.82. The number of nitrogens with one attached hydrogen (secondary N) is 2. The lowest BCUT2D eigenvalue weighted by Crippen LogP contribution is -2.42.